The van der Waals surface area contributed by atoms with Gasteiger partial charge >= 0.3 is 5.97 Å². The quantitative estimate of drug-likeness (QED) is 0.756. The van der Waals surface area contributed by atoms with Crippen LogP contribution in [0.5, 0.6) is 0 Å². The van der Waals surface area contributed by atoms with E-state index in [2.05, 4.69) is 5.32 Å². The number of para-hydroxylation sites is 2. The lowest BCUT2D eigenvalue weighted by molar-refractivity contribution is 0.0691. The number of carbonyl (C=O) groups is 2. The van der Waals surface area contributed by atoms with Crippen LogP contribution in [0.2, 0.25) is 0 Å². The van der Waals surface area contributed by atoms with Crippen molar-refractivity contribution in [2.75, 3.05) is 11.1 Å². The van der Waals surface area contributed by atoms with Crippen LogP contribution in [-0.2, 0) is 0 Å². The monoisotopic (exact) mass is 284 g/mol. The van der Waals surface area contributed by atoms with Crippen molar-refractivity contribution in [2.24, 2.45) is 0 Å². The zero-order valence-electron chi connectivity index (χ0n) is 11.8. The maximum absolute atomic E-state index is 12.4. The zero-order valence-corrected chi connectivity index (χ0v) is 11.8. The molecule has 5 heteroatoms. The van der Waals surface area contributed by atoms with Crippen LogP contribution in [0.4, 0.5) is 11.4 Å². The lowest BCUT2D eigenvalue weighted by Gasteiger charge is -2.13. The number of anilines is 2. The molecule has 0 aliphatic rings. The van der Waals surface area contributed by atoms with Crippen LogP contribution in [0.25, 0.3) is 0 Å². The minimum atomic E-state index is -1.12. The van der Waals surface area contributed by atoms with E-state index in [-0.39, 0.29) is 11.1 Å². The van der Waals surface area contributed by atoms with Gasteiger partial charge < -0.3 is 16.2 Å². The van der Waals surface area contributed by atoms with Gasteiger partial charge in [-0.1, -0.05) is 24.3 Å². The predicted octanol–water partition coefficient (Wildman–Crippen LogP) is 2.84. The summed E-state index contributed by atoms with van der Waals surface area (Å²) < 4.78 is 0. The van der Waals surface area contributed by atoms with Gasteiger partial charge in [0.2, 0.25) is 0 Å². The number of benzene rings is 2. The Morgan fingerprint density at radius 3 is 2.14 bits per heavy atom. The standard InChI is InChI=1S/C16H16N2O3/c1-9-7-8-10(2)14(16(20)21)13(9)15(19)18-12-6-4-3-5-11(12)17/h3-8H,17H2,1-2H3,(H,18,19)(H,20,21). The Balaban J connectivity index is 2.47. The number of carboxylic acids is 1. The third-order valence-electron chi connectivity index (χ3n) is 3.27. The molecule has 0 saturated heterocycles. The Morgan fingerprint density at radius 2 is 1.57 bits per heavy atom. The molecular weight excluding hydrogens is 268 g/mol. The molecule has 0 radical (unpaired) electrons. The van der Waals surface area contributed by atoms with Gasteiger partial charge in [-0.3, -0.25) is 4.79 Å². The summed E-state index contributed by atoms with van der Waals surface area (Å²) in [5.74, 6) is -1.60. The molecule has 108 valence electrons. The van der Waals surface area contributed by atoms with E-state index >= 15 is 0 Å². The molecule has 21 heavy (non-hydrogen) atoms. The minimum absolute atomic E-state index is 0.0157. The maximum Gasteiger partial charge on any atom is 0.336 e. The van der Waals surface area contributed by atoms with E-state index in [0.29, 0.717) is 22.5 Å². The summed E-state index contributed by atoms with van der Waals surface area (Å²) in [4.78, 5) is 23.8. The van der Waals surface area contributed by atoms with Crippen LogP contribution in [0, 0.1) is 13.8 Å². The molecule has 1 amide bonds. The van der Waals surface area contributed by atoms with Gasteiger partial charge in [0.05, 0.1) is 22.5 Å². The molecule has 0 spiro atoms. The van der Waals surface area contributed by atoms with E-state index in [1.807, 2.05) is 0 Å². The van der Waals surface area contributed by atoms with Gasteiger partial charge in [-0.05, 0) is 37.1 Å². The molecule has 4 N–H and O–H groups in total. The van der Waals surface area contributed by atoms with Crippen molar-refractivity contribution in [2.45, 2.75) is 13.8 Å². The highest BCUT2D eigenvalue weighted by molar-refractivity contribution is 6.13. The van der Waals surface area contributed by atoms with Gasteiger partial charge in [0.25, 0.3) is 5.91 Å². The second kappa shape index (κ2) is 5.66. The maximum atomic E-state index is 12.4. The third kappa shape index (κ3) is 2.86. The van der Waals surface area contributed by atoms with E-state index in [1.54, 1.807) is 50.2 Å². The van der Waals surface area contributed by atoms with Gasteiger partial charge in [0, 0.05) is 0 Å². The highest BCUT2D eigenvalue weighted by Gasteiger charge is 2.21. The van der Waals surface area contributed by atoms with Crippen LogP contribution in [0.3, 0.4) is 0 Å². The van der Waals surface area contributed by atoms with E-state index in [4.69, 9.17) is 5.73 Å². The molecule has 2 rings (SSSR count). The first kappa shape index (κ1) is 14.6. The molecule has 0 aromatic heterocycles. The number of nitrogen functional groups attached to an aromatic ring is 1. The van der Waals surface area contributed by atoms with Crippen molar-refractivity contribution in [1.82, 2.24) is 0 Å². The molecule has 0 bridgehead atoms. The van der Waals surface area contributed by atoms with E-state index in [1.165, 1.54) is 0 Å². The van der Waals surface area contributed by atoms with Crippen molar-refractivity contribution in [3.8, 4) is 0 Å². The number of amides is 1. The predicted molar refractivity (Wildman–Crippen MR) is 81.7 cm³/mol. The molecule has 0 atom stereocenters. The number of aryl methyl sites for hydroxylation is 2. The molecule has 2 aromatic rings. The van der Waals surface area contributed by atoms with E-state index in [9.17, 15) is 14.7 Å². The number of nitrogens with one attached hydrogen (secondary N) is 1. The van der Waals surface area contributed by atoms with Crippen LogP contribution in [0.15, 0.2) is 36.4 Å². The first-order valence-corrected chi connectivity index (χ1v) is 6.41. The summed E-state index contributed by atoms with van der Waals surface area (Å²) >= 11 is 0. The van der Waals surface area contributed by atoms with Crippen LogP contribution >= 0.6 is 0 Å². The summed E-state index contributed by atoms with van der Waals surface area (Å²) in [6.45, 7) is 3.37. The Morgan fingerprint density at radius 1 is 1.00 bits per heavy atom. The molecule has 0 aliphatic carbocycles. The number of carbonyl (C=O) groups excluding carboxylic acids is 1. The second-order valence-electron chi connectivity index (χ2n) is 4.80. The fourth-order valence-electron chi connectivity index (χ4n) is 2.17. The Labute approximate surface area is 122 Å². The fraction of sp³-hybridized carbons (Fsp3) is 0.125. The summed E-state index contributed by atoms with van der Waals surface area (Å²) in [7, 11) is 0. The number of hydrogen-bond acceptors (Lipinski definition) is 3. The normalized spacial score (nSPS) is 10.2. The molecule has 0 fully saturated rings. The molecule has 5 nitrogen and oxygen atoms in total. The Kier molecular flexibility index (Phi) is 3.93. The van der Waals surface area contributed by atoms with Crippen molar-refractivity contribution >= 4 is 23.3 Å². The van der Waals surface area contributed by atoms with Gasteiger partial charge in [-0.2, -0.15) is 0 Å². The number of hydrogen-bond donors (Lipinski definition) is 3. The van der Waals surface area contributed by atoms with Crippen LogP contribution in [-0.4, -0.2) is 17.0 Å². The average molecular weight is 284 g/mol. The van der Waals surface area contributed by atoms with Gasteiger partial charge in [-0.15, -0.1) is 0 Å². The average Bonchev–Trinajstić information content (AvgIpc) is 2.43. The summed E-state index contributed by atoms with van der Waals surface area (Å²) in [5.41, 5.74) is 7.98. The molecule has 0 unspecified atom stereocenters. The number of aromatic carboxylic acids is 1. The Bertz CT molecular complexity index is 723. The smallest absolute Gasteiger partial charge is 0.336 e. The summed E-state index contributed by atoms with van der Waals surface area (Å²) in [5, 5.41) is 12.0. The van der Waals surface area contributed by atoms with Crippen molar-refractivity contribution < 1.29 is 14.7 Å². The summed E-state index contributed by atoms with van der Waals surface area (Å²) in [6.07, 6.45) is 0. The zero-order chi connectivity index (χ0) is 15.6. The molecule has 0 heterocycles. The fourth-order valence-corrected chi connectivity index (χ4v) is 2.17. The second-order valence-corrected chi connectivity index (χ2v) is 4.80. The SMILES string of the molecule is Cc1ccc(C)c(C(=O)Nc2ccccc2N)c1C(=O)O. The highest BCUT2D eigenvalue weighted by Crippen LogP contribution is 2.22. The van der Waals surface area contributed by atoms with E-state index in [0.717, 1.165) is 0 Å². The molecule has 2 aromatic carbocycles. The number of rotatable bonds is 3. The largest absolute Gasteiger partial charge is 0.478 e. The molecular formula is C16H16N2O3. The first-order chi connectivity index (χ1) is 9.91. The summed E-state index contributed by atoms with van der Waals surface area (Å²) in [6, 6.07) is 10.2. The van der Waals surface area contributed by atoms with Crippen molar-refractivity contribution in [3.05, 3.63) is 58.7 Å². The lowest BCUT2D eigenvalue weighted by atomic mass is 9.96. The number of carboxylic acid groups (broad SMARTS) is 1. The molecule has 0 aliphatic heterocycles. The topological polar surface area (TPSA) is 92.4 Å². The van der Waals surface area contributed by atoms with Gasteiger partial charge in [0.15, 0.2) is 0 Å². The van der Waals surface area contributed by atoms with Gasteiger partial charge in [0.1, 0.15) is 0 Å². The third-order valence-corrected chi connectivity index (χ3v) is 3.27. The highest BCUT2D eigenvalue weighted by atomic mass is 16.4. The number of nitrogens with two attached hydrogens (primary N) is 1. The Hall–Kier alpha value is -2.82. The molecule has 0 saturated carbocycles. The lowest BCUT2D eigenvalue weighted by Crippen LogP contribution is -2.19. The van der Waals surface area contributed by atoms with Crippen molar-refractivity contribution in [3.63, 3.8) is 0 Å². The van der Waals surface area contributed by atoms with E-state index < -0.39 is 11.9 Å². The van der Waals surface area contributed by atoms with Crippen molar-refractivity contribution in [1.29, 1.82) is 0 Å². The first-order valence-electron chi connectivity index (χ1n) is 6.41. The van der Waals surface area contributed by atoms with Crippen LogP contribution in [0.1, 0.15) is 31.8 Å². The van der Waals surface area contributed by atoms with Crippen LogP contribution < -0.4 is 11.1 Å². The minimum Gasteiger partial charge on any atom is -0.478 e. The van der Waals surface area contributed by atoms with Gasteiger partial charge in [-0.25, -0.2) is 4.79 Å².